The smallest absolute Gasteiger partial charge is 0.222 e. The summed E-state index contributed by atoms with van der Waals surface area (Å²) in [6.45, 7) is 7.93. The fourth-order valence-electron chi connectivity index (χ4n) is 5.20. The zero-order chi connectivity index (χ0) is 27.2. The molecule has 13 heteroatoms. The lowest BCUT2D eigenvalue weighted by atomic mass is 10.2. The minimum absolute atomic E-state index is 0.0740. The van der Waals surface area contributed by atoms with Gasteiger partial charge < -0.3 is 15.0 Å². The van der Waals surface area contributed by atoms with Gasteiger partial charge in [0, 0.05) is 81.1 Å². The summed E-state index contributed by atoms with van der Waals surface area (Å²) in [6.07, 6.45) is 8.08. The molecule has 5 aromatic rings. The number of thiazole rings is 1. The second-order valence-electron chi connectivity index (χ2n) is 10.5. The molecule has 0 unspecified atom stereocenters. The van der Waals surface area contributed by atoms with E-state index >= 15 is 0 Å². The Morgan fingerprint density at radius 2 is 1.93 bits per heavy atom. The summed E-state index contributed by atoms with van der Waals surface area (Å²) in [4.78, 5) is 24.8. The predicted octanol–water partition coefficient (Wildman–Crippen LogP) is 3.58. The summed E-state index contributed by atoms with van der Waals surface area (Å²) in [5.41, 5.74) is 2.60. The van der Waals surface area contributed by atoms with E-state index in [-0.39, 0.29) is 6.04 Å². The van der Waals surface area contributed by atoms with E-state index in [1.165, 1.54) is 4.88 Å². The van der Waals surface area contributed by atoms with E-state index in [4.69, 9.17) is 24.8 Å². The lowest BCUT2D eigenvalue weighted by Gasteiger charge is -2.31. The van der Waals surface area contributed by atoms with E-state index in [1.807, 2.05) is 31.6 Å². The van der Waals surface area contributed by atoms with Crippen molar-refractivity contribution in [2.45, 2.75) is 25.9 Å². The molecule has 40 heavy (non-hydrogen) atoms. The first-order valence-corrected chi connectivity index (χ1v) is 14.3. The molecule has 2 aliphatic rings. The topological polar surface area (TPSA) is 115 Å². The Kier molecular flexibility index (Phi) is 6.41. The van der Waals surface area contributed by atoms with Gasteiger partial charge in [-0.3, -0.25) is 9.58 Å². The predicted molar refractivity (Wildman–Crippen MR) is 154 cm³/mol. The highest BCUT2D eigenvalue weighted by molar-refractivity contribution is 7.15. The van der Waals surface area contributed by atoms with E-state index in [0.717, 1.165) is 66.3 Å². The van der Waals surface area contributed by atoms with Gasteiger partial charge in [-0.25, -0.2) is 24.6 Å². The summed E-state index contributed by atoms with van der Waals surface area (Å²) in [5, 5.41) is 14.7. The largest absolute Gasteiger partial charge is 0.477 e. The van der Waals surface area contributed by atoms with Crippen LogP contribution in [0.4, 0.5) is 11.6 Å². The van der Waals surface area contributed by atoms with E-state index in [9.17, 15) is 0 Å². The monoisotopic (exact) mass is 557 g/mol. The van der Waals surface area contributed by atoms with Crippen LogP contribution in [0.5, 0.6) is 5.88 Å². The van der Waals surface area contributed by atoms with Crippen LogP contribution in [0.1, 0.15) is 24.3 Å². The highest BCUT2D eigenvalue weighted by Crippen LogP contribution is 2.35. The molecule has 1 fully saturated rings. The Hall–Kier alpha value is -3.94. The first kappa shape index (κ1) is 25.1. The fraction of sp³-hybridized carbons (Fsp3) is 0.407. The van der Waals surface area contributed by atoms with Gasteiger partial charge in [-0.2, -0.15) is 10.2 Å². The molecule has 1 atom stereocenters. The van der Waals surface area contributed by atoms with Gasteiger partial charge in [0.15, 0.2) is 5.82 Å². The number of fused-ring (bicyclic) bond motifs is 5. The van der Waals surface area contributed by atoms with Crippen molar-refractivity contribution in [2.75, 3.05) is 45.2 Å². The van der Waals surface area contributed by atoms with Crippen LogP contribution >= 0.6 is 11.3 Å². The number of hydrogen-bond donors (Lipinski definition) is 1. The van der Waals surface area contributed by atoms with Crippen LogP contribution in [0.25, 0.3) is 33.0 Å². The van der Waals surface area contributed by atoms with E-state index in [1.54, 1.807) is 28.4 Å². The third-order valence-electron chi connectivity index (χ3n) is 7.55. The van der Waals surface area contributed by atoms with Crippen LogP contribution in [0.2, 0.25) is 0 Å². The highest BCUT2D eigenvalue weighted by Gasteiger charge is 2.22. The molecule has 0 saturated carbocycles. The SMILES string of the molecule is C[C@H]1CCOc2c(cnn2C)-c2nccc(n2)Nc2cc3c(cn2)c(-c2ncc(CN4CCN(C)CC4)s2)nn31. The van der Waals surface area contributed by atoms with E-state index < -0.39 is 0 Å². The molecule has 7 rings (SSSR count). The first-order valence-electron chi connectivity index (χ1n) is 13.5. The minimum Gasteiger partial charge on any atom is -0.477 e. The average molecular weight is 558 g/mol. The van der Waals surface area contributed by atoms with Crippen LogP contribution in [0.3, 0.4) is 0 Å². The number of anilines is 2. The number of piperazine rings is 1. The minimum atomic E-state index is 0.0740. The van der Waals surface area contributed by atoms with Crippen LogP contribution in [-0.4, -0.2) is 89.1 Å². The molecule has 0 amide bonds. The molecule has 0 aromatic carbocycles. The molecule has 4 bridgehead atoms. The molecular formula is C27H31N11OS. The summed E-state index contributed by atoms with van der Waals surface area (Å²) >= 11 is 1.71. The van der Waals surface area contributed by atoms with Gasteiger partial charge in [0.05, 0.1) is 24.4 Å². The average Bonchev–Trinajstić information content (AvgIpc) is 3.67. The van der Waals surface area contributed by atoms with Gasteiger partial charge in [0.2, 0.25) is 5.88 Å². The zero-order valence-corrected chi connectivity index (χ0v) is 23.6. The van der Waals surface area contributed by atoms with Gasteiger partial charge >= 0.3 is 0 Å². The Morgan fingerprint density at radius 3 is 2.80 bits per heavy atom. The molecule has 1 N–H and O–H groups in total. The maximum Gasteiger partial charge on any atom is 0.222 e. The Labute approximate surface area is 235 Å². The molecule has 0 aliphatic carbocycles. The number of pyridine rings is 1. The molecule has 2 aliphatic heterocycles. The second-order valence-corrected chi connectivity index (χ2v) is 11.6. The Morgan fingerprint density at radius 1 is 1.05 bits per heavy atom. The number of rotatable bonds is 3. The first-order chi connectivity index (χ1) is 19.5. The van der Waals surface area contributed by atoms with Gasteiger partial charge in [-0.05, 0) is 20.0 Å². The van der Waals surface area contributed by atoms with Gasteiger partial charge in [0.1, 0.15) is 27.9 Å². The summed E-state index contributed by atoms with van der Waals surface area (Å²) < 4.78 is 10.0. The van der Waals surface area contributed by atoms with Crippen LogP contribution in [0, 0.1) is 0 Å². The van der Waals surface area contributed by atoms with Crippen molar-refractivity contribution in [2.24, 2.45) is 7.05 Å². The van der Waals surface area contributed by atoms with Crippen LogP contribution in [0.15, 0.2) is 36.9 Å². The molecule has 5 aromatic heterocycles. The number of hydrogen-bond acceptors (Lipinski definition) is 11. The fourth-order valence-corrected chi connectivity index (χ4v) is 6.15. The van der Waals surface area contributed by atoms with Crippen molar-refractivity contribution in [1.82, 2.24) is 49.3 Å². The molecule has 0 radical (unpaired) electrons. The highest BCUT2D eigenvalue weighted by atomic mass is 32.1. The summed E-state index contributed by atoms with van der Waals surface area (Å²) in [7, 11) is 4.04. The number of likely N-dealkylation sites (N-methyl/N-ethyl adjacent to an activating group) is 1. The number of nitrogens with one attached hydrogen (secondary N) is 1. The van der Waals surface area contributed by atoms with E-state index in [0.29, 0.717) is 29.9 Å². The number of aryl methyl sites for hydroxylation is 1. The van der Waals surface area contributed by atoms with E-state index in [2.05, 4.69) is 43.9 Å². The van der Waals surface area contributed by atoms with Gasteiger partial charge in [-0.15, -0.1) is 11.3 Å². The molecule has 7 heterocycles. The third kappa shape index (κ3) is 4.69. The maximum absolute atomic E-state index is 6.22. The second kappa shape index (κ2) is 10.2. The van der Waals surface area contributed by atoms with Crippen molar-refractivity contribution >= 4 is 33.9 Å². The molecule has 206 valence electrons. The zero-order valence-electron chi connectivity index (χ0n) is 22.8. The van der Waals surface area contributed by atoms with Crippen molar-refractivity contribution in [1.29, 1.82) is 0 Å². The van der Waals surface area contributed by atoms with Crippen LogP contribution < -0.4 is 10.1 Å². The summed E-state index contributed by atoms with van der Waals surface area (Å²) in [6, 6.07) is 3.93. The Balaban J connectivity index is 1.25. The molecule has 0 spiro atoms. The number of aromatic nitrogens is 8. The summed E-state index contributed by atoms with van der Waals surface area (Å²) in [5.74, 6) is 2.51. The van der Waals surface area contributed by atoms with Crippen molar-refractivity contribution < 1.29 is 4.74 Å². The molecule has 12 nitrogen and oxygen atoms in total. The lowest BCUT2D eigenvalue weighted by molar-refractivity contribution is 0.149. The molecular weight excluding hydrogens is 526 g/mol. The van der Waals surface area contributed by atoms with Crippen molar-refractivity contribution in [3.63, 3.8) is 0 Å². The van der Waals surface area contributed by atoms with Crippen LogP contribution in [-0.2, 0) is 13.6 Å². The maximum atomic E-state index is 6.22. The quantitative estimate of drug-likeness (QED) is 0.353. The van der Waals surface area contributed by atoms with Gasteiger partial charge in [-0.1, -0.05) is 0 Å². The Bertz CT molecular complexity index is 1670. The normalized spacial score (nSPS) is 18.3. The standard InChI is InChI=1S/C27H31N11OS/c1-17-5-11-39-27-20(15-31-36(27)3)25-28-6-4-22(33-25)32-23-12-21-19(14-29-23)24(34-38(17)21)26-30-13-18(40-26)16-37-9-7-35(2)8-10-37/h4,6,12-15,17H,5,7-11,16H2,1-3H3,(H,28,29,32,33)/t17-/m0/s1. The van der Waals surface area contributed by atoms with Crippen molar-refractivity contribution in [3.8, 4) is 28.0 Å². The number of ether oxygens (including phenoxy) is 1. The third-order valence-corrected chi connectivity index (χ3v) is 8.54. The van der Waals surface area contributed by atoms with Gasteiger partial charge in [0.25, 0.3) is 0 Å². The molecule has 1 saturated heterocycles. The van der Waals surface area contributed by atoms with Crippen molar-refractivity contribution in [3.05, 3.63) is 41.8 Å². The lowest BCUT2D eigenvalue weighted by Crippen LogP contribution is -2.43. The number of nitrogens with zero attached hydrogens (tertiary/aromatic N) is 10.